The topological polar surface area (TPSA) is 125 Å². The van der Waals surface area contributed by atoms with Crippen LogP contribution >= 0.6 is 0 Å². The van der Waals surface area contributed by atoms with E-state index in [1.807, 2.05) is 13.8 Å². The van der Waals surface area contributed by atoms with E-state index in [2.05, 4.69) is 31.1 Å². The van der Waals surface area contributed by atoms with E-state index >= 15 is 0 Å². The van der Waals surface area contributed by atoms with Gasteiger partial charge in [-0.05, 0) is 59.5 Å². The smallest absolute Gasteiger partial charge is 0.416 e. The van der Waals surface area contributed by atoms with E-state index < -0.39 is 23.5 Å². The number of ether oxygens (including phenoxy) is 1. The molecule has 44 heavy (non-hydrogen) atoms. The van der Waals surface area contributed by atoms with Crippen molar-refractivity contribution in [2.45, 2.75) is 25.9 Å². The number of alkyl halides is 3. The normalized spacial score (nSPS) is 13.6. The number of morpholine rings is 1. The molecule has 0 spiro atoms. The number of pyridine rings is 1. The summed E-state index contributed by atoms with van der Waals surface area (Å²) in [5.41, 5.74) is 5.80. The van der Waals surface area contributed by atoms with Crippen LogP contribution in [0.3, 0.4) is 0 Å². The summed E-state index contributed by atoms with van der Waals surface area (Å²) >= 11 is 0. The highest BCUT2D eigenvalue weighted by Gasteiger charge is 2.31. The summed E-state index contributed by atoms with van der Waals surface area (Å²) in [6, 6.07) is 12.4. The van der Waals surface area contributed by atoms with Gasteiger partial charge in [-0.25, -0.2) is 14.4 Å². The Bertz CT molecular complexity index is 1660. The number of aromatic nitrogens is 3. The molecule has 0 unspecified atom stereocenters. The lowest BCUT2D eigenvalue weighted by atomic mass is 10.0. The molecule has 4 N–H and O–H groups in total. The van der Waals surface area contributed by atoms with E-state index in [9.17, 15) is 27.5 Å². The zero-order valence-electron chi connectivity index (χ0n) is 23.7. The molecule has 0 bridgehead atoms. The van der Waals surface area contributed by atoms with Crippen molar-refractivity contribution in [2.75, 3.05) is 41.9 Å². The first-order chi connectivity index (χ1) is 21.0. The molecular formula is C30H29F4N7O3. The molecule has 230 valence electrons. The second-order valence-electron chi connectivity index (χ2n) is 10.3. The quantitative estimate of drug-likeness (QED) is 0.143. The van der Waals surface area contributed by atoms with Gasteiger partial charge in [-0.2, -0.15) is 18.2 Å². The highest BCUT2D eigenvalue weighted by Crippen LogP contribution is 2.37. The summed E-state index contributed by atoms with van der Waals surface area (Å²) in [7, 11) is 0. The van der Waals surface area contributed by atoms with Crippen LogP contribution in [0.1, 0.15) is 41.5 Å². The third kappa shape index (κ3) is 7.14. The summed E-state index contributed by atoms with van der Waals surface area (Å²) in [4.78, 5) is 27.1. The molecule has 10 nitrogen and oxygen atoms in total. The van der Waals surface area contributed by atoms with Crippen molar-refractivity contribution in [3.05, 3.63) is 83.6 Å². The predicted octanol–water partition coefficient (Wildman–Crippen LogP) is 5.86. The molecule has 1 aliphatic heterocycles. The molecule has 2 aromatic carbocycles. The number of nitrogens with zero attached hydrogens (tertiary/aromatic N) is 4. The molecule has 1 saturated heterocycles. The fourth-order valence-corrected chi connectivity index (χ4v) is 4.61. The molecule has 0 radical (unpaired) electrons. The molecule has 4 aromatic rings. The van der Waals surface area contributed by atoms with Crippen LogP contribution < -0.4 is 21.1 Å². The minimum atomic E-state index is -4.62. The number of hydrogen-bond donors (Lipinski definition) is 4. The van der Waals surface area contributed by atoms with Crippen molar-refractivity contribution in [3.8, 4) is 16.9 Å². The van der Waals surface area contributed by atoms with E-state index in [-0.39, 0.29) is 40.4 Å². The maximum Gasteiger partial charge on any atom is 0.416 e. The number of amides is 1. The van der Waals surface area contributed by atoms with Gasteiger partial charge in [0, 0.05) is 18.8 Å². The van der Waals surface area contributed by atoms with E-state index in [1.54, 1.807) is 23.1 Å². The molecule has 5 rings (SSSR count). The van der Waals surface area contributed by atoms with Gasteiger partial charge in [0.25, 0.3) is 5.91 Å². The second-order valence-corrected chi connectivity index (χ2v) is 10.3. The fourth-order valence-electron chi connectivity index (χ4n) is 4.61. The van der Waals surface area contributed by atoms with Crippen molar-refractivity contribution in [1.82, 2.24) is 20.4 Å². The first-order valence-electron chi connectivity index (χ1n) is 13.7. The maximum absolute atomic E-state index is 14.3. The Balaban J connectivity index is 1.36. The third-order valence-corrected chi connectivity index (χ3v) is 6.75. The van der Waals surface area contributed by atoms with E-state index in [4.69, 9.17) is 4.74 Å². The highest BCUT2D eigenvalue weighted by molar-refractivity contribution is 5.93. The SMILES string of the molecule is CC(C)c1nc(C(=O)NNc2ncc(F)c(N3CCOCC3)n2)ccc1Nc1cc(-c2cccc(O)c2)cc(C(F)(F)F)c1. The van der Waals surface area contributed by atoms with Crippen LogP contribution in [-0.2, 0) is 10.9 Å². The largest absolute Gasteiger partial charge is 0.508 e. The molecule has 0 atom stereocenters. The van der Waals surface area contributed by atoms with Crippen LogP contribution in [-0.4, -0.2) is 52.3 Å². The second kappa shape index (κ2) is 12.7. The average Bonchev–Trinajstić information content (AvgIpc) is 3.00. The Morgan fingerprint density at radius 2 is 1.80 bits per heavy atom. The molecule has 2 aromatic heterocycles. The number of hydrazine groups is 1. The van der Waals surface area contributed by atoms with Crippen LogP contribution in [0.5, 0.6) is 5.75 Å². The van der Waals surface area contributed by atoms with Crippen molar-refractivity contribution >= 4 is 29.0 Å². The van der Waals surface area contributed by atoms with Gasteiger partial charge in [-0.15, -0.1) is 0 Å². The lowest BCUT2D eigenvalue weighted by Crippen LogP contribution is -2.38. The molecule has 1 aliphatic rings. The lowest BCUT2D eigenvalue weighted by molar-refractivity contribution is -0.137. The van der Waals surface area contributed by atoms with Gasteiger partial charge in [-0.3, -0.25) is 15.6 Å². The summed E-state index contributed by atoms with van der Waals surface area (Å²) in [5, 5.41) is 12.9. The number of nitrogens with one attached hydrogen (secondary N) is 3. The van der Waals surface area contributed by atoms with Crippen LogP contribution in [0.2, 0.25) is 0 Å². The van der Waals surface area contributed by atoms with Gasteiger partial charge in [0.2, 0.25) is 5.95 Å². The van der Waals surface area contributed by atoms with Gasteiger partial charge >= 0.3 is 6.18 Å². The first kappa shape index (κ1) is 30.5. The summed E-state index contributed by atoms with van der Waals surface area (Å²) < 4.78 is 61.0. The Morgan fingerprint density at radius 3 is 2.50 bits per heavy atom. The first-order valence-corrected chi connectivity index (χ1v) is 13.7. The zero-order chi connectivity index (χ0) is 31.4. The van der Waals surface area contributed by atoms with Gasteiger partial charge < -0.3 is 20.1 Å². The number of aromatic hydroxyl groups is 1. The Morgan fingerprint density at radius 1 is 1.02 bits per heavy atom. The summed E-state index contributed by atoms with van der Waals surface area (Å²) in [6.45, 7) is 5.45. The predicted molar refractivity (Wildman–Crippen MR) is 156 cm³/mol. The number of benzene rings is 2. The van der Waals surface area contributed by atoms with Crippen molar-refractivity contribution in [1.29, 1.82) is 0 Å². The number of carbonyl (C=O) groups is 1. The van der Waals surface area contributed by atoms with Crippen molar-refractivity contribution in [2.24, 2.45) is 0 Å². The van der Waals surface area contributed by atoms with Gasteiger partial charge in [-0.1, -0.05) is 26.0 Å². The van der Waals surface area contributed by atoms with Crippen LogP contribution in [0, 0.1) is 5.82 Å². The molecular weight excluding hydrogens is 582 g/mol. The number of rotatable bonds is 8. The minimum absolute atomic E-state index is 0.0201. The number of halogens is 4. The number of hydrogen-bond acceptors (Lipinski definition) is 9. The Kier molecular flexibility index (Phi) is 8.81. The highest BCUT2D eigenvalue weighted by atomic mass is 19.4. The van der Waals surface area contributed by atoms with Gasteiger partial charge in [0.1, 0.15) is 11.4 Å². The lowest BCUT2D eigenvalue weighted by Gasteiger charge is -2.28. The van der Waals surface area contributed by atoms with Crippen LogP contribution in [0.4, 0.5) is 40.7 Å². The van der Waals surface area contributed by atoms with Crippen LogP contribution in [0.15, 0.2) is 60.8 Å². The van der Waals surface area contributed by atoms with Gasteiger partial charge in [0.15, 0.2) is 11.6 Å². The monoisotopic (exact) mass is 611 g/mol. The number of carbonyl (C=O) groups excluding carboxylic acids is 1. The Labute approximate surface area is 250 Å². The maximum atomic E-state index is 14.3. The molecule has 1 amide bonds. The number of phenols is 1. The Hall–Kier alpha value is -4.98. The van der Waals surface area contributed by atoms with Crippen molar-refractivity contribution in [3.63, 3.8) is 0 Å². The van der Waals surface area contributed by atoms with E-state index in [0.717, 1.165) is 18.3 Å². The third-order valence-electron chi connectivity index (χ3n) is 6.75. The van der Waals surface area contributed by atoms with Crippen LogP contribution in [0.25, 0.3) is 11.1 Å². The molecule has 0 saturated carbocycles. The number of phenolic OH excluding ortho intramolecular Hbond substituents is 1. The molecule has 0 aliphatic carbocycles. The average molecular weight is 612 g/mol. The molecule has 1 fully saturated rings. The fraction of sp³-hybridized carbons (Fsp3) is 0.267. The standard InChI is InChI=1S/C30H29F4N7O3/c1-17(2)26-24(36-21-13-19(12-20(15-21)30(32,33)34)18-4-3-5-22(42)14-18)6-7-25(37-26)28(43)39-40-29-35-16-23(31)27(38-29)41-8-10-44-11-9-41/h3-7,12-17,36,42H,8-11H2,1-2H3,(H,39,43)(H,35,38,40). The zero-order valence-corrected chi connectivity index (χ0v) is 23.7. The summed E-state index contributed by atoms with van der Waals surface area (Å²) in [6.07, 6.45) is -3.61. The molecule has 14 heteroatoms. The summed E-state index contributed by atoms with van der Waals surface area (Å²) in [5.74, 6) is -1.48. The number of anilines is 4. The van der Waals surface area contributed by atoms with E-state index in [0.29, 0.717) is 43.2 Å². The van der Waals surface area contributed by atoms with Crippen molar-refractivity contribution < 1.29 is 32.2 Å². The van der Waals surface area contributed by atoms with E-state index in [1.165, 1.54) is 24.3 Å². The minimum Gasteiger partial charge on any atom is -0.508 e. The van der Waals surface area contributed by atoms with Gasteiger partial charge in [0.05, 0.1) is 36.4 Å². The molecule has 3 heterocycles.